The number of hydrogen-bond donors (Lipinski definition) is 2. The molecule has 1 fully saturated rings. The summed E-state index contributed by atoms with van der Waals surface area (Å²) in [5, 5.41) is 5.60. The Labute approximate surface area is 151 Å². The highest BCUT2D eigenvalue weighted by atomic mass is 16.2. The third-order valence-electron chi connectivity index (χ3n) is 5.07. The van der Waals surface area contributed by atoms with Crippen LogP contribution >= 0.6 is 0 Å². The highest BCUT2D eigenvalue weighted by molar-refractivity contribution is 5.84. The first kappa shape index (κ1) is 19.3. The highest BCUT2D eigenvalue weighted by Crippen LogP contribution is 2.23. The van der Waals surface area contributed by atoms with Crippen molar-refractivity contribution in [2.24, 2.45) is 5.92 Å². The van der Waals surface area contributed by atoms with Gasteiger partial charge in [-0.3, -0.25) is 4.79 Å². The summed E-state index contributed by atoms with van der Waals surface area (Å²) < 4.78 is 0. The van der Waals surface area contributed by atoms with E-state index >= 15 is 0 Å². The lowest BCUT2D eigenvalue weighted by molar-refractivity contribution is -0.132. The molecule has 1 aromatic rings. The van der Waals surface area contributed by atoms with E-state index < -0.39 is 0 Å². The molecule has 1 aliphatic rings. The first-order valence-corrected chi connectivity index (χ1v) is 9.45. The van der Waals surface area contributed by atoms with Gasteiger partial charge in [-0.2, -0.15) is 0 Å². The van der Waals surface area contributed by atoms with Crippen LogP contribution in [0.2, 0.25) is 0 Å². The number of nitrogens with zero attached hydrogens (tertiary/aromatic N) is 1. The molecular formula is C20H31N3O2. The van der Waals surface area contributed by atoms with Crippen LogP contribution in [0.4, 0.5) is 4.79 Å². The van der Waals surface area contributed by atoms with Gasteiger partial charge in [0.25, 0.3) is 0 Å². The molecule has 0 radical (unpaired) electrons. The topological polar surface area (TPSA) is 61.4 Å². The molecule has 1 atom stereocenters. The van der Waals surface area contributed by atoms with Crippen LogP contribution in [-0.2, 0) is 11.3 Å². The smallest absolute Gasteiger partial charge is 0.315 e. The second kappa shape index (κ2) is 10.1. The van der Waals surface area contributed by atoms with Crippen molar-refractivity contribution in [2.75, 3.05) is 13.1 Å². The summed E-state index contributed by atoms with van der Waals surface area (Å²) in [6.45, 7) is 5.42. The van der Waals surface area contributed by atoms with Gasteiger partial charge in [0.15, 0.2) is 0 Å². The molecule has 1 aromatic carbocycles. The van der Waals surface area contributed by atoms with Crippen LogP contribution in [0, 0.1) is 5.92 Å². The van der Waals surface area contributed by atoms with Crippen molar-refractivity contribution < 1.29 is 9.59 Å². The standard InChI is InChI=1S/C20H31N3O2/c1-3-16(2)23(15-18-11-5-4-6-12-18)19(24)14-22-20(25)21-13-17-9-7-8-10-17/h4-6,11-12,16-17H,3,7-10,13-15H2,1-2H3,(H2,21,22,25). The van der Waals surface area contributed by atoms with Crippen molar-refractivity contribution in [1.82, 2.24) is 15.5 Å². The van der Waals surface area contributed by atoms with Crippen molar-refractivity contribution >= 4 is 11.9 Å². The van der Waals surface area contributed by atoms with Crippen LogP contribution in [0.15, 0.2) is 30.3 Å². The third-order valence-corrected chi connectivity index (χ3v) is 5.07. The zero-order valence-corrected chi connectivity index (χ0v) is 15.5. The molecule has 5 heteroatoms. The van der Waals surface area contributed by atoms with Crippen LogP contribution in [0.3, 0.4) is 0 Å². The van der Waals surface area contributed by atoms with E-state index in [4.69, 9.17) is 0 Å². The Hall–Kier alpha value is -2.04. The van der Waals surface area contributed by atoms with E-state index in [1.54, 1.807) is 0 Å². The molecule has 3 amide bonds. The normalized spacial score (nSPS) is 15.6. The van der Waals surface area contributed by atoms with Gasteiger partial charge >= 0.3 is 6.03 Å². The second-order valence-corrected chi connectivity index (χ2v) is 6.98. The van der Waals surface area contributed by atoms with Crippen molar-refractivity contribution in [3.8, 4) is 0 Å². The molecular weight excluding hydrogens is 314 g/mol. The molecule has 1 aliphatic carbocycles. The molecule has 0 aromatic heterocycles. The minimum absolute atomic E-state index is 0.0354. The fraction of sp³-hybridized carbons (Fsp3) is 0.600. The lowest BCUT2D eigenvalue weighted by Gasteiger charge is -2.29. The maximum absolute atomic E-state index is 12.6. The Balaban J connectivity index is 1.80. The monoisotopic (exact) mass is 345 g/mol. The molecule has 1 saturated carbocycles. The maximum Gasteiger partial charge on any atom is 0.315 e. The predicted octanol–water partition coefficient (Wildman–Crippen LogP) is 3.30. The Morgan fingerprint density at radius 2 is 1.84 bits per heavy atom. The van der Waals surface area contributed by atoms with Gasteiger partial charge in [-0.1, -0.05) is 50.1 Å². The maximum atomic E-state index is 12.6. The molecule has 0 spiro atoms. The minimum atomic E-state index is -0.246. The summed E-state index contributed by atoms with van der Waals surface area (Å²) >= 11 is 0. The van der Waals surface area contributed by atoms with Gasteiger partial charge in [0.1, 0.15) is 0 Å². The molecule has 25 heavy (non-hydrogen) atoms. The summed E-state index contributed by atoms with van der Waals surface area (Å²) in [5.41, 5.74) is 1.10. The zero-order valence-electron chi connectivity index (χ0n) is 15.5. The van der Waals surface area contributed by atoms with Gasteiger partial charge < -0.3 is 15.5 Å². The lowest BCUT2D eigenvalue weighted by Crippen LogP contribution is -2.46. The summed E-state index contributed by atoms with van der Waals surface area (Å²) in [6.07, 6.45) is 5.79. The van der Waals surface area contributed by atoms with Crippen LogP contribution in [0.5, 0.6) is 0 Å². The summed E-state index contributed by atoms with van der Waals surface area (Å²) in [5.74, 6) is 0.547. The fourth-order valence-corrected chi connectivity index (χ4v) is 3.26. The average molecular weight is 345 g/mol. The molecule has 2 rings (SSSR count). The van der Waals surface area contributed by atoms with Gasteiger partial charge in [-0.05, 0) is 37.7 Å². The van der Waals surface area contributed by atoms with Crippen LogP contribution in [0.1, 0.15) is 51.5 Å². The van der Waals surface area contributed by atoms with Crippen molar-refractivity contribution in [3.63, 3.8) is 0 Å². The molecule has 1 unspecified atom stereocenters. The van der Waals surface area contributed by atoms with Crippen LogP contribution < -0.4 is 10.6 Å². The highest BCUT2D eigenvalue weighted by Gasteiger charge is 2.20. The van der Waals surface area contributed by atoms with Gasteiger partial charge in [0.2, 0.25) is 5.91 Å². The van der Waals surface area contributed by atoms with E-state index in [0.717, 1.165) is 12.0 Å². The first-order chi connectivity index (χ1) is 12.1. The largest absolute Gasteiger partial charge is 0.338 e. The molecule has 0 aliphatic heterocycles. The predicted molar refractivity (Wildman–Crippen MR) is 100 cm³/mol. The number of amides is 3. The van der Waals surface area contributed by atoms with E-state index in [2.05, 4.69) is 17.6 Å². The fourth-order valence-electron chi connectivity index (χ4n) is 3.26. The Bertz CT molecular complexity index is 541. The molecule has 0 heterocycles. The molecule has 0 saturated heterocycles. The van der Waals surface area contributed by atoms with Crippen LogP contribution in [0.25, 0.3) is 0 Å². The Kier molecular flexibility index (Phi) is 7.76. The van der Waals surface area contributed by atoms with Gasteiger partial charge in [-0.15, -0.1) is 0 Å². The first-order valence-electron chi connectivity index (χ1n) is 9.45. The van der Waals surface area contributed by atoms with Gasteiger partial charge in [-0.25, -0.2) is 4.79 Å². The van der Waals surface area contributed by atoms with Crippen molar-refractivity contribution in [3.05, 3.63) is 35.9 Å². The Morgan fingerprint density at radius 3 is 2.48 bits per heavy atom. The van der Waals surface area contributed by atoms with E-state index in [-0.39, 0.29) is 24.5 Å². The minimum Gasteiger partial charge on any atom is -0.338 e. The molecule has 5 nitrogen and oxygen atoms in total. The van der Waals surface area contributed by atoms with E-state index in [9.17, 15) is 9.59 Å². The quantitative estimate of drug-likeness (QED) is 0.759. The number of benzene rings is 1. The zero-order chi connectivity index (χ0) is 18.1. The number of rotatable bonds is 8. The summed E-state index contributed by atoms with van der Waals surface area (Å²) in [7, 11) is 0. The number of carbonyl (C=O) groups is 2. The Morgan fingerprint density at radius 1 is 1.16 bits per heavy atom. The average Bonchev–Trinajstić information content (AvgIpc) is 3.16. The number of carbonyl (C=O) groups excluding carboxylic acids is 2. The number of urea groups is 1. The molecule has 138 valence electrons. The van der Waals surface area contributed by atoms with Crippen molar-refractivity contribution in [1.29, 1.82) is 0 Å². The van der Waals surface area contributed by atoms with Crippen molar-refractivity contribution in [2.45, 2.75) is 58.5 Å². The molecule has 2 N–H and O–H groups in total. The van der Waals surface area contributed by atoms with Gasteiger partial charge in [0, 0.05) is 19.1 Å². The third kappa shape index (κ3) is 6.40. The van der Waals surface area contributed by atoms with Gasteiger partial charge in [0.05, 0.1) is 6.54 Å². The van der Waals surface area contributed by atoms with E-state index in [1.165, 1.54) is 25.7 Å². The molecule has 0 bridgehead atoms. The van der Waals surface area contributed by atoms with Crippen LogP contribution in [-0.4, -0.2) is 36.0 Å². The summed E-state index contributed by atoms with van der Waals surface area (Å²) in [4.78, 5) is 26.4. The number of nitrogens with one attached hydrogen (secondary N) is 2. The number of hydrogen-bond acceptors (Lipinski definition) is 2. The van der Waals surface area contributed by atoms with E-state index in [1.807, 2.05) is 42.2 Å². The lowest BCUT2D eigenvalue weighted by atomic mass is 10.1. The summed E-state index contributed by atoms with van der Waals surface area (Å²) in [6, 6.07) is 9.84. The SMILES string of the molecule is CCC(C)N(Cc1ccccc1)C(=O)CNC(=O)NCC1CCCC1. The second-order valence-electron chi connectivity index (χ2n) is 6.98. The van der Waals surface area contributed by atoms with E-state index in [0.29, 0.717) is 19.0 Å².